The summed E-state index contributed by atoms with van der Waals surface area (Å²) < 4.78 is 10.9. The molecule has 0 heterocycles. The van der Waals surface area contributed by atoms with Gasteiger partial charge in [-0.2, -0.15) is 5.26 Å². The third kappa shape index (κ3) is 5.92. The number of benzene rings is 2. The summed E-state index contributed by atoms with van der Waals surface area (Å²) in [6, 6.07) is 10.2. The zero-order valence-corrected chi connectivity index (χ0v) is 17.6. The van der Waals surface area contributed by atoms with Crippen LogP contribution < -0.4 is 14.8 Å². The fourth-order valence-electron chi connectivity index (χ4n) is 2.31. The summed E-state index contributed by atoms with van der Waals surface area (Å²) >= 11 is 1.91. The second-order valence-corrected chi connectivity index (χ2v) is 6.81. The van der Waals surface area contributed by atoms with E-state index in [9.17, 15) is 25.0 Å². The largest absolute Gasteiger partial charge is 0.493 e. The van der Waals surface area contributed by atoms with Crippen LogP contribution in [-0.4, -0.2) is 35.6 Å². The number of aliphatic carboxylic acids is 1. The minimum Gasteiger partial charge on any atom is -0.493 e. The molecule has 0 unspecified atom stereocenters. The van der Waals surface area contributed by atoms with Gasteiger partial charge in [-0.1, -0.05) is 6.07 Å². The molecule has 1 amide bonds. The average Bonchev–Trinajstić information content (AvgIpc) is 2.70. The fourth-order valence-corrected chi connectivity index (χ4v) is 3.09. The van der Waals surface area contributed by atoms with Crippen molar-refractivity contribution in [3.63, 3.8) is 0 Å². The van der Waals surface area contributed by atoms with E-state index < -0.39 is 23.4 Å². The topological polar surface area (TPSA) is 152 Å². The number of methoxy groups -OCH3 is 1. The van der Waals surface area contributed by atoms with E-state index in [0.717, 1.165) is 0 Å². The fraction of sp³-hybridized carbons (Fsp3) is 0.105. The number of halogens is 1. The molecule has 2 rings (SSSR count). The van der Waals surface area contributed by atoms with Crippen molar-refractivity contribution in [1.29, 1.82) is 5.26 Å². The van der Waals surface area contributed by atoms with Crippen molar-refractivity contribution in [3.8, 4) is 17.6 Å². The highest BCUT2D eigenvalue weighted by atomic mass is 127. The maximum atomic E-state index is 12.4. The van der Waals surface area contributed by atoms with E-state index in [4.69, 9.17) is 14.6 Å². The van der Waals surface area contributed by atoms with Crippen molar-refractivity contribution in [2.24, 2.45) is 0 Å². The van der Waals surface area contributed by atoms with Crippen molar-refractivity contribution >= 4 is 51.9 Å². The predicted molar refractivity (Wildman–Crippen MR) is 114 cm³/mol. The first-order chi connectivity index (χ1) is 14.2. The zero-order chi connectivity index (χ0) is 22.3. The Kier molecular flexibility index (Phi) is 7.70. The van der Waals surface area contributed by atoms with Crippen LogP contribution in [0.1, 0.15) is 5.56 Å². The van der Waals surface area contributed by atoms with Crippen LogP contribution >= 0.6 is 22.6 Å². The average molecular weight is 523 g/mol. The lowest BCUT2D eigenvalue weighted by molar-refractivity contribution is -0.384. The highest BCUT2D eigenvalue weighted by molar-refractivity contribution is 14.1. The van der Waals surface area contributed by atoms with Gasteiger partial charge in [0.2, 0.25) is 0 Å². The van der Waals surface area contributed by atoms with Gasteiger partial charge in [-0.3, -0.25) is 14.9 Å². The van der Waals surface area contributed by atoms with Gasteiger partial charge in [-0.05, 0) is 52.4 Å². The Labute approximate surface area is 184 Å². The van der Waals surface area contributed by atoms with Gasteiger partial charge in [0.1, 0.15) is 11.6 Å². The number of carboxylic acid groups (broad SMARTS) is 1. The van der Waals surface area contributed by atoms with E-state index in [1.54, 1.807) is 12.1 Å². The summed E-state index contributed by atoms with van der Waals surface area (Å²) in [5.74, 6) is -1.46. The van der Waals surface area contributed by atoms with Gasteiger partial charge in [0.25, 0.3) is 11.6 Å². The second-order valence-electron chi connectivity index (χ2n) is 5.65. The molecule has 10 nitrogen and oxygen atoms in total. The van der Waals surface area contributed by atoms with Crippen LogP contribution in [0.5, 0.6) is 11.5 Å². The monoisotopic (exact) mass is 523 g/mol. The Morgan fingerprint density at radius 2 is 2.10 bits per heavy atom. The lowest BCUT2D eigenvalue weighted by Crippen LogP contribution is -2.13. The van der Waals surface area contributed by atoms with Crippen molar-refractivity contribution < 1.29 is 29.1 Å². The van der Waals surface area contributed by atoms with Crippen LogP contribution in [0.4, 0.5) is 11.4 Å². The Balaban J connectivity index is 2.30. The molecule has 2 aromatic carbocycles. The summed E-state index contributed by atoms with van der Waals surface area (Å²) in [6.45, 7) is -0.559. The Bertz CT molecular complexity index is 1080. The normalized spacial score (nSPS) is 10.6. The third-order valence-electron chi connectivity index (χ3n) is 3.58. The van der Waals surface area contributed by atoms with Gasteiger partial charge < -0.3 is 19.9 Å². The second kappa shape index (κ2) is 10.2. The first-order valence-corrected chi connectivity index (χ1v) is 9.22. The molecule has 0 aromatic heterocycles. The number of carbonyl (C=O) groups is 2. The van der Waals surface area contributed by atoms with Gasteiger partial charge >= 0.3 is 5.97 Å². The van der Waals surface area contributed by atoms with E-state index in [-0.39, 0.29) is 28.4 Å². The molecule has 0 aliphatic heterocycles. The van der Waals surface area contributed by atoms with Crippen molar-refractivity contribution in [3.05, 3.63) is 61.2 Å². The molecule has 0 spiro atoms. The summed E-state index contributed by atoms with van der Waals surface area (Å²) in [5, 5.41) is 31.4. The Morgan fingerprint density at radius 1 is 1.37 bits per heavy atom. The van der Waals surface area contributed by atoms with Crippen LogP contribution in [0.15, 0.2) is 42.0 Å². The molecule has 0 bridgehead atoms. The van der Waals surface area contributed by atoms with Gasteiger partial charge in [-0.15, -0.1) is 0 Å². The van der Waals surface area contributed by atoms with Gasteiger partial charge in [0, 0.05) is 17.8 Å². The molecule has 0 atom stereocenters. The maximum absolute atomic E-state index is 12.4. The van der Waals surface area contributed by atoms with Crippen molar-refractivity contribution in [2.75, 3.05) is 19.0 Å². The number of nitro groups is 1. The number of carbonyl (C=O) groups excluding carboxylic acids is 1. The van der Waals surface area contributed by atoms with E-state index >= 15 is 0 Å². The molecule has 2 aromatic rings. The molecule has 0 saturated carbocycles. The quantitative estimate of drug-likeness (QED) is 0.176. The minimum atomic E-state index is -1.15. The summed E-state index contributed by atoms with van der Waals surface area (Å²) in [7, 11) is 1.37. The van der Waals surface area contributed by atoms with E-state index in [2.05, 4.69) is 5.32 Å². The molecular formula is C19H14IN3O7. The number of ether oxygens (including phenoxy) is 2. The highest BCUT2D eigenvalue weighted by Gasteiger charge is 2.15. The number of carboxylic acids is 1. The molecule has 11 heteroatoms. The predicted octanol–water partition coefficient (Wildman–Crippen LogP) is 3.22. The van der Waals surface area contributed by atoms with E-state index in [0.29, 0.717) is 9.13 Å². The lowest BCUT2D eigenvalue weighted by Gasteiger charge is -2.12. The van der Waals surface area contributed by atoms with Crippen LogP contribution in [0, 0.1) is 25.0 Å². The van der Waals surface area contributed by atoms with Gasteiger partial charge in [-0.25, -0.2) is 4.79 Å². The molecule has 154 valence electrons. The number of hydrogen-bond donors (Lipinski definition) is 2. The number of nitro benzene ring substituents is 1. The number of hydrogen-bond acceptors (Lipinski definition) is 7. The number of nitrogens with one attached hydrogen (secondary N) is 1. The standard InChI is InChI=1S/C19H14IN3O7/c1-29-16-7-11(6-15(20)18(16)30-10-17(24)25)5-12(9-21)19(26)22-13-3-2-4-14(8-13)23(27)28/h2-8H,10H2,1H3,(H,22,26)(H,24,25)/b12-5+. The number of anilines is 1. The smallest absolute Gasteiger partial charge is 0.341 e. The molecule has 0 radical (unpaired) electrons. The molecular weight excluding hydrogens is 509 g/mol. The van der Waals surface area contributed by atoms with Crippen LogP contribution in [0.25, 0.3) is 6.08 Å². The molecule has 30 heavy (non-hydrogen) atoms. The maximum Gasteiger partial charge on any atom is 0.341 e. The number of amides is 1. The summed E-state index contributed by atoms with van der Waals surface area (Å²) in [6.07, 6.45) is 1.30. The minimum absolute atomic E-state index is 0.167. The number of nitrogens with zero attached hydrogens (tertiary/aromatic N) is 2. The molecule has 0 saturated heterocycles. The lowest BCUT2D eigenvalue weighted by atomic mass is 10.1. The number of non-ortho nitro benzene ring substituents is 1. The summed E-state index contributed by atoms with van der Waals surface area (Å²) in [5.41, 5.74) is 0.148. The first kappa shape index (κ1) is 22.6. The number of nitriles is 1. The Morgan fingerprint density at radius 3 is 2.70 bits per heavy atom. The Hall–Kier alpha value is -3.66. The van der Waals surface area contributed by atoms with Crippen LogP contribution in [-0.2, 0) is 9.59 Å². The summed E-state index contributed by atoms with van der Waals surface area (Å²) in [4.78, 5) is 33.4. The van der Waals surface area contributed by atoms with E-state index in [1.165, 1.54) is 43.5 Å². The van der Waals surface area contributed by atoms with Crippen molar-refractivity contribution in [2.45, 2.75) is 0 Å². The van der Waals surface area contributed by atoms with Gasteiger partial charge in [0.05, 0.1) is 15.6 Å². The third-order valence-corrected chi connectivity index (χ3v) is 4.38. The van der Waals surface area contributed by atoms with Crippen LogP contribution in [0.3, 0.4) is 0 Å². The van der Waals surface area contributed by atoms with Crippen LogP contribution in [0.2, 0.25) is 0 Å². The highest BCUT2D eigenvalue weighted by Crippen LogP contribution is 2.34. The molecule has 0 aliphatic rings. The number of rotatable bonds is 8. The molecule has 0 aliphatic carbocycles. The van der Waals surface area contributed by atoms with Crippen molar-refractivity contribution in [1.82, 2.24) is 0 Å². The molecule has 0 fully saturated rings. The first-order valence-electron chi connectivity index (χ1n) is 8.15. The zero-order valence-electron chi connectivity index (χ0n) is 15.4. The SMILES string of the molecule is COc1cc(/C=C(\C#N)C(=O)Nc2cccc([N+](=O)[O-])c2)cc(I)c1OCC(=O)O. The molecule has 2 N–H and O–H groups in total. The van der Waals surface area contributed by atoms with E-state index in [1.807, 2.05) is 22.6 Å². The van der Waals surface area contributed by atoms with Gasteiger partial charge in [0.15, 0.2) is 18.1 Å².